The number of rotatable bonds is 11. The minimum atomic E-state index is -4.08. The van der Waals surface area contributed by atoms with E-state index in [0.717, 1.165) is 22.4 Å². The molecule has 1 atom stereocenters. The predicted octanol–water partition coefficient (Wildman–Crippen LogP) is 6.85. The Morgan fingerprint density at radius 1 is 0.810 bits per heavy atom. The second kappa shape index (κ2) is 12.8. The molecule has 4 rings (SSSR count). The van der Waals surface area contributed by atoms with Gasteiger partial charge in [-0.25, -0.2) is 8.42 Å². The van der Waals surface area contributed by atoms with Gasteiger partial charge in [0.25, 0.3) is 10.0 Å². The molecule has 0 fully saturated rings. The highest BCUT2D eigenvalue weighted by molar-refractivity contribution is 7.92. The molecule has 0 N–H and O–H groups in total. The van der Waals surface area contributed by atoms with Crippen LogP contribution in [-0.4, -0.2) is 42.0 Å². The summed E-state index contributed by atoms with van der Waals surface area (Å²) in [7, 11) is 1.32. The fraction of sp³-hybridized carbons (Fsp3) is 0.286. The molecule has 7 heteroatoms. The Morgan fingerprint density at radius 3 is 2.07 bits per heavy atom. The Balaban J connectivity index is 1.77. The lowest BCUT2D eigenvalue weighted by molar-refractivity contribution is -0.119. The summed E-state index contributed by atoms with van der Waals surface area (Å²) in [4.78, 5) is 16.3. The lowest BCUT2D eigenvalue weighted by Crippen LogP contribution is -2.38. The number of Topliss-reactive ketones (excluding diaryl/α,β-unsaturated/α-hetero) is 1. The fourth-order valence-corrected chi connectivity index (χ4v) is 6.31. The molecule has 0 saturated heterocycles. The van der Waals surface area contributed by atoms with E-state index in [1.807, 2.05) is 97.9 Å². The lowest BCUT2D eigenvalue weighted by atomic mass is 9.87. The van der Waals surface area contributed by atoms with Gasteiger partial charge in [0.15, 0.2) is 5.78 Å². The maximum absolute atomic E-state index is 14.3. The van der Waals surface area contributed by atoms with Crippen molar-refractivity contribution in [2.24, 2.45) is 0 Å². The second-order valence-electron chi connectivity index (χ2n) is 11.7. The van der Waals surface area contributed by atoms with Gasteiger partial charge in [-0.1, -0.05) is 81.4 Å². The molecule has 0 aliphatic carbocycles. The van der Waals surface area contributed by atoms with Gasteiger partial charge in [-0.05, 0) is 71.0 Å². The molecule has 0 heterocycles. The van der Waals surface area contributed by atoms with Crippen LogP contribution in [-0.2, 0) is 26.7 Å². The van der Waals surface area contributed by atoms with Gasteiger partial charge in [0.1, 0.15) is 5.75 Å². The summed E-state index contributed by atoms with van der Waals surface area (Å²) in [5.74, 6) is -0.0550. The van der Waals surface area contributed by atoms with Gasteiger partial charge in [-0.3, -0.25) is 9.10 Å². The largest absolute Gasteiger partial charge is 0.497 e. The zero-order chi connectivity index (χ0) is 30.5. The number of ketones is 1. The highest BCUT2D eigenvalue weighted by Gasteiger charge is 2.31. The van der Waals surface area contributed by atoms with Crippen molar-refractivity contribution in [3.63, 3.8) is 0 Å². The monoisotopic (exact) mass is 584 g/mol. The molecular formula is C35H40N2O4S. The number of anilines is 2. The first-order valence-electron chi connectivity index (χ1n) is 14.0. The molecule has 0 aromatic heterocycles. The van der Waals surface area contributed by atoms with Gasteiger partial charge < -0.3 is 9.64 Å². The van der Waals surface area contributed by atoms with E-state index < -0.39 is 15.9 Å². The molecule has 0 aliphatic heterocycles. The average Bonchev–Trinajstić information content (AvgIpc) is 2.98. The number of ether oxygens (including phenoxy) is 1. The van der Waals surface area contributed by atoms with Crippen molar-refractivity contribution in [3.8, 4) is 5.75 Å². The topological polar surface area (TPSA) is 66.9 Å². The third-order valence-electron chi connectivity index (χ3n) is 7.41. The van der Waals surface area contributed by atoms with E-state index in [1.165, 1.54) is 4.31 Å². The van der Waals surface area contributed by atoms with Gasteiger partial charge in [0.2, 0.25) is 0 Å². The Labute approximate surface area is 250 Å². The summed E-state index contributed by atoms with van der Waals surface area (Å²) in [6.45, 7) is 5.94. The molecule has 4 aromatic rings. The van der Waals surface area contributed by atoms with E-state index in [1.54, 1.807) is 31.4 Å². The van der Waals surface area contributed by atoms with Gasteiger partial charge in [0.05, 0.1) is 24.2 Å². The van der Waals surface area contributed by atoms with E-state index in [2.05, 4.69) is 20.8 Å². The number of nitrogens with zero attached hydrogens (tertiary/aromatic N) is 2. The number of carbonyl (C=O) groups is 1. The normalized spacial score (nSPS) is 12.4. The van der Waals surface area contributed by atoms with Crippen LogP contribution in [0.5, 0.6) is 5.75 Å². The molecule has 0 spiro atoms. The zero-order valence-corrected chi connectivity index (χ0v) is 26.1. The molecule has 4 aromatic carbocycles. The van der Waals surface area contributed by atoms with Crippen LogP contribution in [0.15, 0.2) is 108 Å². The summed E-state index contributed by atoms with van der Waals surface area (Å²) < 4.78 is 35.2. The smallest absolute Gasteiger partial charge is 0.264 e. The van der Waals surface area contributed by atoms with E-state index in [9.17, 15) is 13.2 Å². The average molecular weight is 585 g/mol. The van der Waals surface area contributed by atoms with Crippen molar-refractivity contribution in [3.05, 3.63) is 120 Å². The molecule has 0 radical (unpaired) electrons. The second-order valence-corrected chi connectivity index (χ2v) is 13.5. The number of benzene rings is 4. The summed E-state index contributed by atoms with van der Waals surface area (Å²) in [5, 5.41) is 0. The predicted molar refractivity (Wildman–Crippen MR) is 171 cm³/mol. The van der Waals surface area contributed by atoms with Crippen molar-refractivity contribution < 1.29 is 17.9 Å². The summed E-state index contributed by atoms with van der Waals surface area (Å²) >= 11 is 0. The van der Waals surface area contributed by atoms with Crippen LogP contribution in [0.25, 0.3) is 0 Å². The minimum Gasteiger partial charge on any atom is -0.497 e. The summed E-state index contributed by atoms with van der Waals surface area (Å²) in [6, 6.07) is 31.4. The lowest BCUT2D eigenvalue weighted by Gasteiger charge is -2.28. The quantitative estimate of drug-likeness (QED) is 0.193. The third-order valence-corrected chi connectivity index (χ3v) is 9.19. The van der Waals surface area contributed by atoms with Crippen LogP contribution in [0.4, 0.5) is 11.4 Å². The molecule has 0 bridgehead atoms. The molecule has 6 nitrogen and oxygen atoms in total. The Kier molecular flexibility index (Phi) is 9.42. The van der Waals surface area contributed by atoms with Crippen LogP contribution in [0.3, 0.4) is 0 Å². The number of sulfonamides is 1. The summed E-state index contributed by atoms with van der Waals surface area (Å²) in [6.07, 6.45) is 0.409. The highest BCUT2D eigenvalue weighted by atomic mass is 32.2. The van der Waals surface area contributed by atoms with Crippen molar-refractivity contribution in [1.29, 1.82) is 0 Å². The Hall–Kier alpha value is -4.10. The SMILES string of the molecule is COc1cccc(CC(C(=O)CN(c2cccc(N(C)C)c2)S(=O)(=O)c2ccc(C(C)(C)C)cc2)c2ccccc2)c1. The summed E-state index contributed by atoms with van der Waals surface area (Å²) in [5.41, 5.74) is 3.93. The fourth-order valence-electron chi connectivity index (χ4n) is 4.89. The standard InChI is InChI=1S/C35H40N2O4S/c1-35(2,3)28-18-20-32(21-19-28)42(39,40)37(30-16-11-15-29(24-30)36(4)5)25-34(38)33(27-13-8-7-9-14-27)23-26-12-10-17-31(22-26)41-6/h7-22,24,33H,23,25H2,1-6H3. The molecule has 42 heavy (non-hydrogen) atoms. The highest BCUT2D eigenvalue weighted by Crippen LogP contribution is 2.31. The first-order valence-corrected chi connectivity index (χ1v) is 15.5. The van der Waals surface area contributed by atoms with Gasteiger partial charge in [-0.15, -0.1) is 0 Å². The van der Waals surface area contributed by atoms with Crippen LogP contribution in [0, 0.1) is 0 Å². The van der Waals surface area contributed by atoms with E-state index in [-0.39, 0.29) is 22.6 Å². The van der Waals surface area contributed by atoms with Gasteiger partial charge in [-0.2, -0.15) is 0 Å². The van der Waals surface area contributed by atoms with Crippen molar-refractivity contribution in [2.45, 2.75) is 43.4 Å². The van der Waals surface area contributed by atoms with Crippen molar-refractivity contribution in [2.75, 3.05) is 37.0 Å². The zero-order valence-electron chi connectivity index (χ0n) is 25.2. The molecule has 0 amide bonds. The van der Waals surface area contributed by atoms with E-state index >= 15 is 0 Å². The molecule has 0 saturated carbocycles. The number of carbonyl (C=O) groups excluding carboxylic acids is 1. The van der Waals surface area contributed by atoms with Crippen LogP contribution in [0.1, 0.15) is 43.4 Å². The molecular weight excluding hydrogens is 544 g/mol. The molecule has 0 aliphatic rings. The number of methoxy groups -OCH3 is 1. The molecule has 1 unspecified atom stereocenters. The van der Waals surface area contributed by atoms with Crippen LogP contribution >= 0.6 is 0 Å². The third kappa shape index (κ3) is 7.21. The molecule has 220 valence electrons. The maximum atomic E-state index is 14.3. The number of hydrogen-bond acceptors (Lipinski definition) is 5. The maximum Gasteiger partial charge on any atom is 0.264 e. The Bertz CT molecular complexity index is 1610. The van der Waals surface area contributed by atoms with Crippen LogP contribution in [0.2, 0.25) is 0 Å². The first kappa shape index (κ1) is 30.8. The van der Waals surface area contributed by atoms with Gasteiger partial charge in [0, 0.05) is 25.7 Å². The van der Waals surface area contributed by atoms with Gasteiger partial charge >= 0.3 is 0 Å². The number of hydrogen-bond donors (Lipinski definition) is 0. The first-order chi connectivity index (χ1) is 19.9. The van der Waals surface area contributed by atoms with E-state index in [0.29, 0.717) is 17.9 Å². The minimum absolute atomic E-state index is 0.124. The van der Waals surface area contributed by atoms with E-state index in [4.69, 9.17) is 4.74 Å². The van der Waals surface area contributed by atoms with Crippen molar-refractivity contribution >= 4 is 27.2 Å². The van der Waals surface area contributed by atoms with Crippen LogP contribution < -0.4 is 13.9 Å². The Morgan fingerprint density at radius 2 is 1.45 bits per heavy atom. The van der Waals surface area contributed by atoms with Crippen molar-refractivity contribution in [1.82, 2.24) is 0 Å².